The van der Waals surface area contributed by atoms with Gasteiger partial charge in [0.1, 0.15) is 0 Å². The van der Waals surface area contributed by atoms with Crippen LogP contribution in [0.3, 0.4) is 0 Å². The van der Waals surface area contributed by atoms with Crippen molar-refractivity contribution in [2.24, 2.45) is 10.7 Å². The van der Waals surface area contributed by atoms with E-state index in [0.29, 0.717) is 13.1 Å². The molecule has 0 saturated carbocycles. The molecule has 0 spiro atoms. The second-order valence-electron chi connectivity index (χ2n) is 4.02. The Balaban J connectivity index is 2.51. The van der Waals surface area contributed by atoms with Crippen LogP contribution in [0, 0.1) is 0 Å². The molecule has 4 nitrogen and oxygen atoms in total. The maximum absolute atomic E-state index is 5.48. The third-order valence-corrected chi connectivity index (χ3v) is 3.12. The van der Waals surface area contributed by atoms with E-state index < -0.39 is 0 Å². The Morgan fingerprint density at radius 1 is 1.44 bits per heavy atom. The third kappa shape index (κ3) is 2.62. The number of halogens is 1. The van der Waals surface area contributed by atoms with Crippen molar-refractivity contribution in [2.45, 2.75) is 13.5 Å². The molecule has 5 heteroatoms. The highest BCUT2D eigenvalue weighted by molar-refractivity contribution is 9.09. The highest BCUT2D eigenvalue weighted by atomic mass is 79.9. The molecule has 18 heavy (non-hydrogen) atoms. The Labute approximate surface area is 115 Å². The number of nitrogens with zero attached hydrogens (tertiary/aromatic N) is 3. The van der Waals surface area contributed by atoms with Gasteiger partial charge in [0, 0.05) is 18.4 Å². The first kappa shape index (κ1) is 13.2. The zero-order chi connectivity index (χ0) is 13.0. The lowest BCUT2D eigenvalue weighted by atomic mass is 10.3. The standard InChI is InChI=1S/C13H17BrN4/c1-10(16-8-7-15)13-17-11-4-2-3-5-12(11)18(13)9-6-14/h2-5H,6-9,15H2,1H3. The first-order valence-corrected chi connectivity index (χ1v) is 7.12. The lowest BCUT2D eigenvalue weighted by Gasteiger charge is -2.06. The summed E-state index contributed by atoms with van der Waals surface area (Å²) >= 11 is 3.48. The molecule has 0 radical (unpaired) electrons. The van der Waals surface area contributed by atoms with E-state index in [1.807, 2.05) is 25.1 Å². The molecule has 0 bridgehead atoms. The van der Waals surface area contributed by atoms with Gasteiger partial charge in [-0.15, -0.1) is 0 Å². The molecular formula is C13H17BrN4. The monoisotopic (exact) mass is 308 g/mol. The van der Waals surface area contributed by atoms with Crippen LogP contribution in [0.2, 0.25) is 0 Å². The number of para-hydroxylation sites is 2. The fraction of sp³-hybridized carbons (Fsp3) is 0.385. The maximum Gasteiger partial charge on any atom is 0.154 e. The van der Waals surface area contributed by atoms with Gasteiger partial charge in [0.25, 0.3) is 0 Å². The van der Waals surface area contributed by atoms with Gasteiger partial charge < -0.3 is 10.3 Å². The smallest absolute Gasteiger partial charge is 0.154 e. The Morgan fingerprint density at radius 3 is 2.94 bits per heavy atom. The van der Waals surface area contributed by atoms with Crippen molar-refractivity contribution in [2.75, 3.05) is 18.4 Å². The van der Waals surface area contributed by atoms with Crippen molar-refractivity contribution in [3.8, 4) is 0 Å². The summed E-state index contributed by atoms with van der Waals surface area (Å²) in [6.45, 7) is 4.08. The van der Waals surface area contributed by atoms with Crippen molar-refractivity contribution in [3.63, 3.8) is 0 Å². The summed E-state index contributed by atoms with van der Waals surface area (Å²) in [5, 5.41) is 0.893. The number of aromatic nitrogens is 2. The minimum Gasteiger partial charge on any atom is -0.329 e. The van der Waals surface area contributed by atoms with Gasteiger partial charge in [-0.25, -0.2) is 4.98 Å². The van der Waals surface area contributed by atoms with Gasteiger partial charge in [-0.3, -0.25) is 4.99 Å². The van der Waals surface area contributed by atoms with Crippen LogP contribution in [0.4, 0.5) is 0 Å². The van der Waals surface area contributed by atoms with E-state index in [1.165, 1.54) is 0 Å². The van der Waals surface area contributed by atoms with Gasteiger partial charge in [0.2, 0.25) is 0 Å². The summed E-state index contributed by atoms with van der Waals surface area (Å²) in [4.78, 5) is 9.10. The average Bonchev–Trinajstić information content (AvgIpc) is 2.76. The maximum atomic E-state index is 5.48. The van der Waals surface area contributed by atoms with Gasteiger partial charge in [0.05, 0.1) is 23.3 Å². The van der Waals surface area contributed by atoms with E-state index in [2.05, 4.69) is 36.5 Å². The van der Waals surface area contributed by atoms with Gasteiger partial charge in [-0.1, -0.05) is 28.1 Å². The molecule has 0 saturated heterocycles. The molecule has 2 aromatic rings. The molecule has 0 aliphatic carbocycles. The van der Waals surface area contributed by atoms with Crippen LogP contribution in [0.5, 0.6) is 0 Å². The first-order valence-electron chi connectivity index (χ1n) is 6.00. The molecule has 0 aliphatic rings. The van der Waals surface area contributed by atoms with Crippen LogP contribution in [0.15, 0.2) is 29.3 Å². The van der Waals surface area contributed by atoms with Crippen LogP contribution in [0.25, 0.3) is 11.0 Å². The van der Waals surface area contributed by atoms with Gasteiger partial charge in [-0.2, -0.15) is 0 Å². The molecule has 0 atom stereocenters. The number of imidazole rings is 1. The average molecular weight is 309 g/mol. The minimum absolute atomic E-state index is 0.565. The summed E-state index contributed by atoms with van der Waals surface area (Å²) in [5.41, 5.74) is 8.58. The topological polar surface area (TPSA) is 56.2 Å². The van der Waals surface area contributed by atoms with Crippen LogP contribution < -0.4 is 5.73 Å². The summed E-state index contributed by atoms with van der Waals surface area (Å²) in [6.07, 6.45) is 0. The summed E-state index contributed by atoms with van der Waals surface area (Å²) < 4.78 is 2.19. The molecule has 1 aromatic carbocycles. The molecule has 0 unspecified atom stereocenters. The van der Waals surface area contributed by atoms with E-state index in [-0.39, 0.29) is 0 Å². The van der Waals surface area contributed by atoms with E-state index in [0.717, 1.165) is 34.4 Å². The SMILES string of the molecule is CC(=NCCN)c1nc2ccccc2n1CCBr. The van der Waals surface area contributed by atoms with Gasteiger partial charge in [-0.05, 0) is 19.1 Å². The first-order chi connectivity index (χ1) is 8.77. The second-order valence-corrected chi connectivity index (χ2v) is 4.81. The molecular weight excluding hydrogens is 292 g/mol. The molecule has 0 amide bonds. The van der Waals surface area contributed by atoms with Crippen LogP contribution in [-0.4, -0.2) is 33.7 Å². The number of alkyl halides is 1. The molecule has 1 aromatic heterocycles. The molecule has 0 fully saturated rings. The fourth-order valence-corrected chi connectivity index (χ4v) is 2.32. The van der Waals surface area contributed by atoms with E-state index in [1.54, 1.807) is 0 Å². The largest absolute Gasteiger partial charge is 0.329 e. The Morgan fingerprint density at radius 2 is 2.22 bits per heavy atom. The summed E-state index contributed by atoms with van der Waals surface area (Å²) in [6, 6.07) is 8.15. The van der Waals surface area contributed by atoms with Crippen molar-refractivity contribution < 1.29 is 0 Å². The number of aryl methyl sites for hydroxylation is 1. The number of hydrogen-bond acceptors (Lipinski definition) is 3. The van der Waals surface area contributed by atoms with E-state index in [9.17, 15) is 0 Å². The minimum atomic E-state index is 0.565. The number of rotatable bonds is 5. The highest BCUT2D eigenvalue weighted by Gasteiger charge is 2.11. The number of fused-ring (bicyclic) bond motifs is 1. The number of nitrogens with two attached hydrogens (primary N) is 1. The Kier molecular flexibility index (Phi) is 4.49. The predicted molar refractivity (Wildman–Crippen MR) is 79.7 cm³/mol. The summed E-state index contributed by atoms with van der Waals surface area (Å²) in [7, 11) is 0. The number of hydrogen-bond donors (Lipinski definition) is 1. The zero-order valence-electron chi connectivity index (χ0n) is 10.4. The highest BCUT2D eigenvalue weighted by Crippen LogP contribution is 2.17. The number of aliphatic imine (C=N–C) groups is 1. The van der Waals surface area contributed by atoms with Crippen LogP contribution >= 0.6 is 15.9 Å². The lowest BCUT2D eigenvalue weighted by molar-refractivity contribution is 0.788. The van der Waals surface area contributed by atoms with Gasteiger partial charge in [0.15, 0.2) is 5.82 Å². The quantitative estimate of drug-likeness (QED) is 0.680. The zero-order valence-corrected chi connectivity index (χ0v) is 12.0. The summed E-state index contributed by atoms with van der Waals surface area (Å²) in [5.74, 6) is 0.934. The molecule has 2 rings (SSSR count). The second kappa shape index (κ2) is 6.11. The Hall–Kier alpha value is -1.20. The van der Waals surface area contributed by atoms with Crippen LogP contribution in [-0.2, 0) is 6.54 Å². The number of benzene rings is 1. The van der Waals surface area contributed by atoms with Crippen molar-refractivity contribution in [1.29, 1.82) is 0 Å². The fourth-order valence-electron chi connectivity index (χ4n) is 1.97. The van der Waals surface area contributed by atoms with Gasteiger partial charge >= 0.3 is 0 Å². The molecule has 2 N–H and O–H groups in total. The molecule has 0 aliphatic heterocycles. The van der Waals surface area contributed by atoms with Crippen molar-refractivity contribution in [1.82, 2.24) is 9.55 Å². The van der Waals surface area contributed by atoms with E-state index in [4.69, 9.17) is 5.73 Å². The van der Waals surface area contributed by atoms with Crippen molar-refractivity contribution in [3.05, 3.63) is 30.1 Å². The molecule has 1 heterocycles. The van der Waals surface area contributed by atoms with Crippen molar-refractivity contribution >= 4 is 32.7 Å². The normalized spacial score (nSPS) is 12.3. The van der Waals surface area contributed by atoms with E-state index >= 15 is 0 Å². The lowest BCUT2D eigenvalue weighted by Crippen LogP contribution is -2.12. The third-order valence-electron chi connectivity index (χ3n) is 2.76. The van der Waals surface area contributed by atoms with Crippen LogP contribution in [0.1, 0.15) is 12.7 Å². The predicted octanol–water partition coefficient (Wildman–Crippen LogP) is 2.20. The molecule has 96 valence electrons. The Bertz CT molecular complexity index is 559.